The van der Waals surface area contributed by atoms with E-state index in [0.29, 0.717) is 11.3 Å². The summed E-state index contributed by atoms with van der Waals surface area (Å²) in [6.45, 7) is -0.230. The fraction of sp³-hybridized carbons (Fsp3) is 0.211. The van der Waals surface area contributed by atoms with Crippen LogP contribution in [-0.4, -0.2) is 45.5 Å². The number of hydrogen-bond acceptors (Lipinski definition) is 7. The van der Waals surface area contributed by atoms with Gasteiger partial charge in [0.25, 0.3) is 5.91 Å². The average Bonchev–Trinajstić information content (AvgIpc) is 2.71. The number of benzene rings is 2. The molecule has 0 aliphatic rings. The summed E-state index contributed by atoms with van der Waals surface area (Å²) in [6, 6.07) is 10.8. The first-order chi connectivity index (χ1) is 13.9. The zero-order valence-electron chi connectivity index (χ0n) is 15.7. The third kappa shape index (κ3) is 7.42. The molecule has 2 rings (SSSR count). The molecule has 0 heterocycles. The summed E-state index contributed by atoms with van der Waals surface area (Å²) in [4.78, 5) is 23.1. The summed E-state index contributed by atoms with van der Waals surface area (Å²) in [7, 11) is 2.70. The second kappa shape index (κ2) is 11.5. The number of anilines is 1. The fourth-order valence-electron chi connectivity index (χ4n) is 2.11. The first-order valence-electron chi connectivity index (χ1n) is 8.31. The van der Waals surface area contributed by atoms with E-state index in [1.165, 1.54) is 20.4 Å². The highest BCUT2D eigenvalue weighted by Crippen LogP contribution is 2.36. The number of esters is 1. The Hall–Kier alpha value is -2.53. The van der Waals surface area contributed by atoms with E-state index < -0.39 is 5.97 Å². The molecule has 2 aromatic rings. The van der Waals surface area contributed by atoms with Gasteiger partial charge in [-0.3, -0.25) is 4.79 Å². The largest absolute Gasteiger partial charge is 0.493 e. The topological polar surface area (TPSA) is 98.3 Å². The van der Waals surface area contributed by atoms with Crippen molar-refractivity contribution in [2.75, 3.05) is 32.7 Å². The number of hydrogen-bond donors (Lipinski definition) is 2. The van der Waals surface area contributed by atoms with E-state index in [0.717, 1.165) is 9.26 Å². The molecule has 2 N–H and O–H groups in total. The summed E-state index contributed by atoms with van der Waals surface area (Å²) in [5.41, 5.74) is 3.83. The zero-order chi connectivity index (χ0) is 21.2. The predicted molar refractivity (Wildman–Crippen MR) is 119 cm³/mol. The maximum atomic E-state index is 11.9. The third-order valence-corrected chi connectivity index (χ3v) is 4.51. The molecule has 0 atom stereocenters. The van der Waals surface area contributed by atoms with Crippen LogP contribution in [0.2, 0.25) is 5.02 Å². The molecule has 0 aliphatic heterocycles. The van der Waals surface area contributed by atoms with Crippen molar-refractivity contribution >= 4 is 58.0 Å². The van der Waals surface area contributed by atoms with Crippen molar-refractivity contribution in [3.63, 3.8) is 0 Å². The van der Waals surface area contributed by atoms with Gasteiger partial charge in [0, 0.05) is 9.26 Å². The van der Waals surface area contributed by atoms with E-state index in [9.17, 15) is 9.59 Å². The van der Waals surface area contributed by atoms with Crippen LogP contribution in [0.5, 0.6) is 11.5 Å². The molecule has 0 aliphatic carbocycles. The first-order valence-corrected chi connectivity index (χ1v) is 9.77. The normalized spacial score (nSPS) is 10.5. The Morgan fingerprint density at radius 3 is 2.59 bits per heavy atom. The van der Waals surface area contributed by atoms with Crippen LogP contribution in [0.15, 0.2) is 41.5 Å². The Labute approximate surface area is 186 Å². The molecular formula is C19H19ClIN3O5. The van der Waals surface area contributed by atoms with Crippen LogP contribution in [-0.2, 0) is 14.3 Å². The van der Waals surface area contributed by atoms with E-state index >= 15 is 0 Å². The van der Waals surface area contributed by atoms with Gasteiger partial charge in [-0.15, -0.1) is 0 Å². The van der Waals surface area contributed by atoms with E-state index in [-0.39, 0.29) is 29.8 Å². The molecular weight excluding hydrogens is 513 g/mol. The molecule has 0 fully saturated rings. The fourth-order valence-corrected chi connectivity index (χ4v) is 2.75. The van der Waals surface area contributed by atoms with Crippen molar-refractivity contribution in [2.45, 2.75) is 0 Å². The molecule has 29 heavy (non-hydrogen) atoms. The highest BCUT2D eigenvalue weighted by Gasteiger charge is 2.13. The number of carbonyl (C=O) groups is 2. The van der Waals surface area contributed by atoms with Crippen LogP contribution in [0, 0.1) is 3.57 Å². The lowest BCUT2D eigenvalue weighted by Crippen LogP contribution is -2.25. The Morgan fingerprint density at radius 1 is 1.21 bits per heavy atom. The van der Waals surface area contributed by atoms with Crippen LogP contribution in [0.25, 0.3) is 0 Å². The molecule has 10 heteroatoms. The number of methoxy groups -OCH3 is 2. The number of nitrogens with one attached hydrogen (secondary N) is 2. The van der Waals surface area contributed by atoms with Gasteiger partial charge in [-0.05, 0) is 64.6 Å². The van der Waals surface area contributed by atoms with Crippen LogP contribution in [0.4, 0.5) is 5.69 Å². The molecule has 8 nitrogen and oxygen atoms in total. The van der Waals surface area contributed by atoms with Crippen LogP contribution >= 0.6 is 34.2 Å². The molecule has 0 unspecified atom stereocenters. The summed E-state index contributed by atoms with van der Waals surface area (Å²) < 4.78 is 16.2. The Bertz CT molecular complexity index is 890. The van der Waals surface area contributed by atoms with Gasteiger partial charge in [-0.1, -0.05) is 11.6 Å². The molecule has 1 amide bonds. The Balaban J connectivity index is 1.93. The summed E-state index contributed by atoms with van der Waals surface area (Å²) in [6.07, 6.45) is 1.42. The van der Waals surface area contributed by atoms with Crippen molar-refractivity contribution in [1.82, 2.24) is 5.43 Å². The van der Waals surface area contributed by atoms with Crippen LogP contribution in [0.1, 0.15) is 5.56 Å². The maximum absolute atomic E-state index is 11.9. The number of halogens is 2. The summed E-state index contributed by atoms with van der Waals surface area (Å²) in [5.74, 6) is -0.330. The summed E-state index contributed by atoms with van der Waals surface area (Å²) >= 11 is 8.40. The summed E-state index contributed by atoms with van der Waals surface area (Å²) in [5, 5.41) is 7.13. The highest BCUT2D eigenvalue weighted by molar-refractivity contribution is 14.1. The number of carbonyl (C=O) groups excluding carboxylic acids is 2. The quantitative estimate of drug-likeness (QED) is 0.223. The number of amides is 1. The van der Waals surface area contributed by atoms with Gasteiger partial charge in [0.1, 0.15) is 0 Å². The predicted octanol–water partition coefficient (Wildman–Crippen LogP) is 3.07. The van der Waals surface area contributed by atoms with Gasteiger partial charge in [0.2, 0.25) is 0 Å². The minimum absolute atomic E-state index is 0.0717. The smallest absolute Gasteiger partial charge is 0.343 e. The van der Waals surface area contributed by atoms with Gasteiger partial charge in [-0.25, -0.2) is 10.2 Å². The standard InChI is InChI=1S/C19H19ClIN3O5/c1-27-16-8-12(7-15(20)19(16)29-11-18(26)28-2)9-23-24-17(25)10-22-14-5-3-13(21)4-6-14/h3-9,22H,10-11H2,1-2H3,(H,24,25)/b23-9+. The lowest BCUT2D eigenvalue weighted by atomic mass is 10.2. The third-order valence-electron chi connectivity index (χ3n) is 3.51. The van der Waals surface area contributed by atoms with Crippen LogP contribution in [0.3, 0.4) is 0 Å². The second-order valence-electron chi connectivity index (χ2n) is 5.55. The Morgan fingerprint density at radius 2 is 1.93 bits per heavy atom. The molecule has 0 saturated carbocycles. The van der Waals surface area contributed by atoms with E-state index in [2.05, 4.69) is 43.2 Å². The van der Waals surface area contributed by atoms with Gasteiger partial charge in [-0.2, -0.15) is 5.10 Å². The second-order valence-corrected chi connectivity index (χ2v) is 7.21. The first kappa shape index (κ1) is 22.8. The van der Waals surface area contributed by atoms with Crippen molar-refractivity contribution in [3.05, 3.63) is 50.6 Å². The molecule has 0 spiro atoms. The van der Waals surface area contributed by atoms with Crippen molar-refractivity contribution in [2.24, 2.45) is 5.10 Å². The zero-order valence-corrected chi connectivity index (χ0v) is 18.6. The Kier molecular flexibility index (Phi) is 9.00. The van der Waals surface area contributed by atoms with Crippen LogP contribution < -0.4 is 20.2 Å². The van der Waals surface area contributed by atoms with Gasteiger partial charge in [0.15, 0.2) is 18.1 Å². The molecule has 0 radical (unpaired) electrons. The van der Waals surface area contributed by atoms with Gasteiger partial charge in [0.05, 0.1) is 32.0 Å². The van der Waals surface area contributed by atoms with E-state index in [1.54, 1.807) is 12.1 Å². The molecule has 0 bridgehead atoms. The van der Waals surface area contributed by atoms with Crippen molar-refractivity contribution in [1.29, 1.82) is 0 Å². The monoisotopic (exact) mass is 531 g/mol. The number of nitrogens with zero attached hydrogens (tertiary/aromatic N) is 1. The maximum Gasteiger partial charge on any atom is 0.343 e. The minimum Gasteiger partial charge on any atom is -0.493 e. The number of ether oxygens (including phenoxy) is 3. The van der Waals surface area contributed by atoms with Gasteiger partial charge >= 0.3 is 5.97 Å². The average molecular weight is 532 g/mol. The minimum atomic E-state index is -0.546. The SMILES string of the molecule is COC(=O)COc1c(Cl)cc(/C=N/NC(=O)CNc2ccc(I)cc2)cc1OC. The molecule has 2 aromatic carbocycles. The van der Waals surface area contributed by atoms with E-state index in [1.807, 2.05) is 24.3 Å². The lowest BCUT2D eigenvalue weighted by molar-refractivity contribution is -0.142. The molecule has 0 saturated heterocycles. The molecule has 154 valence electrons. The van der Waals surface area contributed by atoms with Crippen molar-refractivity contribution < 1.29 is 23.8 Å². The number of hydrazone groups is 1. The van der Waals surface area contributed by atoms with E-state index in [4.69, 9.17) is 21.1 Å². The van der Waals surface area contributed by atoms with Gasteiger partial charge < -0.3 is 19.5 Å². The lowest BCUT2D eigenvalue weighted by Gasteiger charge is -2.12. The van der Waals surface area contributed by atoms with Crippen molar-refractivity contribution in [3.8, 4) is 11.5 Å². The molecule has 0 aromatic heterocycles. The number of rotatable bonds is 9. The highest BCUT2D eigenvalue weighted by atomic mass is 127.